The average Bonchev–Trinajstić information content (AvgIpc) is 3.27. The summed E-state index contributed by atoms with van der Waals surface area (Å²) in [5.74, 6) is -0.216. The van der Waals surface area contributed by atoms with Crippen molar-refractivity contribution in [2.45, 2.75) is 267 Å². The van der Waals surface area contributed by atoms with Gasteiger partial charge in [0.15, 0.2) is 12.6 Å². The minimum absolute atomic E-state index is 0.216. The molecular formula is C48H91NO13. The van der Waals surface area contributed by atoms with Gasteiger partial charge in [0.05, 0.1) is 32.0 Å². The van der Waals surface area contributed by atoms with Gasteiger partial charge in [-0.25, -0.2) is 0 Å². The van der Waals surface area contributed by atoms with E-state index in [2.05, 4.69) is 31.3 Å². The number of ether oxygens (including phenoxy) is 4. The van der Waals surface area contributed by atoms with Crippen LogP contribution in [-0.4, -0.2) is 140 Å². The zero-order valence-electron chi connectivity index (χ0n) is 38.6. The molecule has 0 aliphatic carbocycles. The summed E-state index contributed by atoms with van der Waals surface area (Å²) >= 11 is 0. The Morgan fingerprint density at radius 2 is 1.02 bits per heavy atom. The third-order valence-electron chi connectivity index (χ3n) is 12.5. The van der Waals surface area contributed by atoms with Crippen molar-refractivity contribution in [1.82, 2.24) is 5.32 Å². The van der Waals surface area contributed by atoms with Crippen LogP contribution in [0.4, 0.5) is 0 Å². The quantitative estimate of drug-likeness (QED) is 0.0257. The molecule has 0 bridgehead atoms. The molecule has 1 amide bonds. The number of carbonyl (C=O) groups excluding carboxylic acids is 1. The maximum atomic E-state index is 13.2. The highest BCUT2D eigenvalue weighted by atomic mass is 16.7. The number of hydrogen-bond acceptors (Lipinski definition) is 13. The van der Waals surface area contributed by atoms with Crippen molar-refractivity contribution in [3.05, 3.63) is 12.2 Å². The molecule has 366 valence electrons. The third-order valence-corrected chi connectivity index (χ3v) is 12.5. The molecule has 0 spiro atoms. The number of aliphatic hydroxyl groups excluding tert-OH is 8. The zero-order valence-corrected chi connectivity index (χ0v) is 38.6. The molecule has 12 atom stereocenters. The Kier molecular flexibility index (Phi) is 32.9. The third kappa shape index (κ3) is 23.3. The highest BCUT2D eigenvalue weighted by molar-refractivity contribution is 5.76. The van der Waals surface area contributed by atoms with Gasteiger partial charge in [0, 0.05) is 6.42 Å². The Hall–Kier alpha value is -1.27. The van der Waals surface area contributed by atoms with Crippen molar-refractivity contribution < 1.29 is 64.6 Å². The lowest BCUT2D eigenvalue weighted by atomic mass is 9.97. The minimum atomic E-state index is -1.78. The SMILES string of the molecule is CCCCCCC/C=C\CCCCCCCC(=O)NC(COC1OC(CO)C(OC2OC(CO)C(O)C(O)C2O)C(O)C1O)C(O)CCCCCCCCCCCCCCCC. The Balaban J connectivity index is 1.85. The fourth-order valence-electron chi connectivity index (χ4n) is 8.35. The molecule has 2 heterocycles. The van der Waals surface area contributed by atoms with Gasteiger partial charge in [-0.2, -0.15) is 0 Å². The fourth-order valence-corrected chi connectivity index (χ4v) is 8.35. The van der Waals surface area contributed by atoms with Gasteiger partial charge in [-0.15, -0.1) is 0 Å². The summed E-state index contributed by atoms with van der Waals surface area (Å²) in [5.41, 5.74) is 0. The summed E-state index contributed by atoms with van der Waals surface area (Å²) in [5, 5.41) is 86.8. The number of allylic oxidation sites excluding steroid dienone is 2. The molecule has 14 nitrogen and oxygen atoms in total. The van der Waals surface area contributed by atoms with Crippen LogP contribution in [0, 0.1) is 0 Å². The number of carbonyl (C=O) groups is 1. The van der Waals surface area contributed by atoms with Gasteiger partial charge in [0.1, 0.15) is 48.8 Å². The molecule has 2 aliphatic heterocycles. The second-order valence-corrected chi connectivity index (χ2v) is 17.9. The lowest BCUT2D eigenvalue weighted by Crippen LogP contribution is -2.65. The van der Waals surface area contributed by atoms with Crippen LogP contribution in [-0.2, 0) is 23.7 Å². The van der Waals surface area contributed by atoms with Crippen LogP contribution in [0.3, 0.4) is 0 Å². The molecule has 0 aromatic heterocycles. The lowest BCUT2D eigenvalue weighted by Gasteiger charge is -2.46. The van der Waals surface area contributed by atoms with Crippen LogP contribution in [0.15, 0.2) is 12.2 Å². The van der Waals surface area contributed by atoms with Gasteiger partial charge >= 0.3 is 0 Å². The van der Waals surface area contributed by atoms with E-state index in [1.807, 2.05) is 0 Å². The van der Waals surface area contributed by atoms with Crippen molar-refractivity contribution in [3.8, 4) is 0 Å². The maximum absolute atomic E-state index is 13.2. The number of aliphatic hydroxyl groups is 8. The summed E-state index contributed by atoms with van der Waals surface area (Å²) in [4.78, 5) is 13.2. The Bertz CT molecular complexity index is 1100. The Morgan fingerprint density at radius 1 is 0.565 bits per heavy atom. The van der Waals surface area contributed by atoms with Gasteiger partial charge < -0.3 is 65.1 Å². The molecular weight excluding hydrogens is 799 g/mol. The van der Waals surface area contributed by atoms with E-state index in [0.717, 1.165) is 64.2 Å². The number of rotatable bonds is 38. The van der Waals surface area contributed by atoms with E-state index in [1.54, 1.807) is 0 Å². The van der Waals surface area contributed by atoms with Crippen LogP contribution in [0.1, 0.15) is 194 Å². The highest BCUT2D eigenvalue weighted by Gasteiger charge is 2.51. The van der Waals surface area contributed by atoms with Gasteiger partial charge in [-0.1, -0.05) is 161 Å². The molecule has 0 aromatic rings. The van der Waals surface area contributed by atoms with Gasteiger partial charge in [0.2, 0.25) is 5.91 Å². The van der Waals surface area contributed by atoms with Crippen molar-refractivity contribution in [2.75, 3.05) is 19.8 Å². The molecule has 14 heteroatoms. The fraction of sp³-hybridized carbons (Fsp3) is 0.938. The molecule has 9 N–H and O–H groups in total. The standard InChI is InChI=1S/C48H91NO13/c1-3-5-7-9-11-13-15-17-19-21-23-25-27-29-31-37(52)36(49-40(53)32-30-28-26-24-22-20-18-16-14-12-10-8-6-4-2)35-59-47-45(58)43(56)46(39(34-51)61-47)62-48-44(57)42(55)41(54)38(33-50)60-48/h16,18,36-39,41-48,50-52,54-58H,3-15,17,19-35H2,1-2H3,(H,49,53)/b18-16-. The largest absolute Gasteiger partial charge is 0.394 e. The normalized spacial score (nSPS) is 27.8. The highest BCUT2D eigenvalue weighted by Crippen LogP contribution is 2.30. The van der Waals surface area contributed by atoms with E-state index < -0.39 is 86.8 Å². The number of amides is 1. The van der Waals surface area contributed by atoms with Crippen LogP contribution in [0.5, 0.6) is 0 Å². The first-order chi connectivity index (χ1) is 30.1. The van der Waals surface area contributed by atoms with Gasteiger partial charge in [-0.05, 0) is 38.5 Å². The first-order valence-electron chi connectivity index (χ1n) is 24.9. The number of nitrogens with one attached hydrogen (secondary N) is 1. The monoisotopic (exact) mass is 890 g/mol. The molecule has 12 unspecified atom stereocenters. The summed E-state index contributed by atoms with van der Waals surface area (Å²) in [6.07, 6.45) is 19.2. The average molecular weight is 890 g/mol. The van der Waals surface area contributed by atoms with Crippen LogP contribution < -0.4 is 5.32 Å². The summed E-state index contributed by atoms with van der Waals surface area (Å²) in [6, 6.07) is -0.827. The predicted octanol–water partition coefficient (Wildman–Crippen LogP) is 5.99. The molecule has 2 rings (SSSR count). The second-order valence-electron chi connectivity index (χ2n) is 17.9. The molecule has 2 fully saturated rings. The zero-order chi connectivity index (χ0) is 45.4. The smallest absolute Gasteiger partial charge is 0.220 e. The van der Waals surface area contributed by atoms with E-state index in [4.69, 9.17) is 18.9 Å². The first-order valence-corrected chi connectivity index (χ1v) is 24.9. The summed E-state index contributed by atoms with van der Waals surface area (Å²) in [7, 11) is 0. The summed E-state index contributed by atoms with van der Waals surface area (Å²) in [6.45, 7) is 2.83. The maximum Gasteiger partial charge on any atom is 0.220 e. The molecule has 0 radical (unpaired) electrons. The van der Waals surface area contributed by atoms with E-state index in [1.165, 1.54) is 96.3 Å². The Labute approximate surface area is 374 Å². The molecule has 2 aliphatic rings. The molecule has 2 saturated heterocycles. The van der Waals surface area contributed by atoms with Crippen molar-refractivity contribution in [3.63, 3.8) is 0 Å². The van der Waals surface area contributed by atoms with Crippen molar-refractivity contribution >= 4 is 5.91 Å². The van der Waals surface area contributed by atoms with E-state index in [9.17, 15) is 45.6 Å². The predicted molar refractivity (Wildman–Crippen MR) is 240 cm³/mol. The van der Waals surface area contributed by atoms with E-state index >= 15 is 0 Å². The first kappa shape index (κ1) is 56.9. The van der Waals surface area contributed by atoms with E-state index in [-0.39, 0.29) is 12.5 Å². The van der Waals surface area contributed by atoms with Crippen molar-refractivity contribution in [2.24, 2.45) is 0 Å². The van der Waals surface area contributed by atoms with Crippen LogP contribution in [0.2, 0.25) is 0 Å². The number of hydrogen-bond donors (Lipinski definition) is 9. The van der Waals surface area contributed by atoms with Crippen LogP contribution >= 0.6 is 0 Å². The van der Waals surface area contributed by atoms with E-state index in [0.29, 0.717) is 19.3 Å². The van der Waals surface area contributed by atoms with Gasteiger partial charge in [0.25, 0.3) is 0 Å². The Morgan fingerprint density at radius 3 is 1.53 bits per heavy atom. The van der Waals surface area contributed by atoms with Crippen molar-refractivity contribution in [1.29, 1.82) is 0 Å². The second kappa shape index (κ2) is 35.9. The lowest BCUT2D eigenvalue weighted by molar-refractivity contribution is -0.359. The minimum Gasteiger partial charge on any atom is -0.394 e. The van der Waals surface area contributed by atoms with Crippen LogP contribution in [0.25, 0.3) is 0 Å². The molecule has 62 heavy (non-hydrogen) atoms. The van der Waals surface area contributed by atoms with Gasteiger partial charge in [-0.3, -0.25) is 4.79 Å². The molecule has 0 aromatic carbocycles. The summed E-state index contributed by atoms with van der Waals surface area (Å²) < 4.78 is 22.7. The molecule has 0 saturated carbocycles. The topological polar surface area (TPSA) is 228 Å². The number of unbranched alkanes of at least 4 members (excludes halogenated alkanes) is 23.